The molecule has 0 bridgehead atoms. The summed E-state index contributed by atoms with van der Waals surface area (Å²) in [6.45, 7) is 0. The van der Waals surface area contributed by atoms with Gasteiger partial charge in [-0.1, -0.05) is 6.07 Å². The van der Waals surface area contributed by atoms with E-state index in [0.717, 1.165) is 12.1 Å². The lowest BCUT2D eigenvalue weighted by Gasteiger charge is -2.09. The maximum Gasteiger partial charge on any atom is 0.573 e. The first-order valence-corrected chi connectivity index (χ1v) is 4.99. The van der Waals surface area contributed by atoms with Crippen LogP contribution in [0.1, 0.15) is 10.4 Å². The molecule has 6 heteroatoms. The molecule has 0 saturated carbocycles. The van der Waals surface area contributed by atoms with Gasteiger partial charge in [-0.05, 0) is 30.3 Å². The molecule has 0 aliphatic carbocycles. The van der Waals surface area contributed by atoms with Crippen molar-refractivity contribution in [1.29, 1.82) is 0 Å². The van der Waals surface area contributed by atoms with Crippen LogP contribution in [0, 0.1) is 0 Å². The van der Waals surface area contributed by atoms with Crippen molar-refractivity contribution in [2.24, 2.45) is 0 Å². The quantitative estimate of drug-likeness (QED) is 0.825. The summed E-state index contributed by atoms with van der Waals surface area (Å²) in [7, 11) is 0. The van der Waals surface area contributed by atoms with Gasteiger partial charge in [-0.2, -0.15) is 0 Å². The van der Waals surface area contributed by atoms with Gasteiger partial charge >= 0.3 is 6.36 Å². The van der Waals surface area contributed by atoms with E-state index in [-0.39, 0.29) is 5.56 Å². The first-order valence-electron chi connectivity index (χ1n) is 4.99. The number of hydrogen-bond donors (Lipinski definition) is 0. The molecule has 2 rings (SSSR count). The van der Waals surface area contributed by atoms with Crippen LogP contribution in [0.15, 0.2) is 48.8 Å². The largest absolute Gasteiger partial charge is 0.573 e. The Bertz CT molecular complexity index is 547. The van der Waals surface area contributed by atoms with E-state index in [9.17, 15) is 18.0 Å². The van der Waals surface area contributed by atoms with E-state index in [1.807, 2.05) is 0 Å². The third-order valence-electron chi connectivity index (χ3n) is 2.15. The van der Waals surface area contributed by atoms with Gasteiger partial charge in [0.2, 0.25) is 0 Å². The first kappa shape index (κ1) is 12.2. The molecule has 0 amide bonds. The van der Waals surface area contributed by atoms with Crippen LogP contribution in [-0.2, 0) is 0 Å². The number of halogens is 3. The third kappa shape index (κ3) is 2.91. The molecule has 3 nitrogen and oxygen atoms in total. The Morgan fingerprint density at radius 3 is 2.39 bits per heavy atom. The fraction of sp³-hybridized carbons (Fsp3) is 0.0833. The van der Waals surface area contributed by atoms with Crippen LogP contribution in [0.2, 0.25) is 0 Å². The van der Waals surface area contributed by atoms with Crippen molar-refractivity contribution in [3.05, 3.63) is 54.4 Å². The Hall–Kier alpha value is -2.24. The number of carbonyl (C=O) groups excluding carboxylic acids is 1. The lowest BCUT2D eigenvalue weighted by Crippen LogP contribution is -2.17. The Labute approximate surface area is 100 Å². The van der Waals surface area contributed by atoms with Gasteiger partial charge in [0.1, 0.15) is 5.75 Å². The predicted molar refractivity (Wildman–Crippen MR) is 57.3 cm³/mol. The van der Waals surface area contributed by atoms with E-state index >= 15 is 0 Å². The highest BCUT2D eigenvalue weighted by Gasteiger charge is 2.31. The van der Waals surface area contributed by atoms with E-state index in [1.54, 1.807) is 12.1 Å². The maximum absolute atomic E-state index is 12.0. The van der Waals surface area contributed by atoms with E-state index in [4.69, 9.17) is 0 Å². The van der Waals surface area contributed by atoms with Crippen molar-refractivity contribution in [3.63, 3.8) is 0 Å². The number of hydrogen-bond acceptors (Lipinski definition) is 2. The van der Waals surface area contributed by atoms with Gasteiger partial charge in [-0.15, -0.1) is 13.2 Å². The number of benzene rings is 1. The molecule has 1 aromatic carbocycles. The maximum atomic E-state index is 12.0. The number of carbonyl (C=O) groups is 1. The molecular weight excluding hydrogens is 247 g/mol. The van der Waals surface area contributed by atoms with E-state index in [0.29, 0.717) is 0 Å². The van der Waals surface area contributed by atoms with Gasteiger partial charge in [-0.25, -0.2) is 0 Å². The molecular formula is C12H8F3NO2. The molecule has 0 unspecified atom stereocenters. The predicted octanol–water partition coefficient (Wildman–Crippen LogP) is 3.08. The summed E-state index contributed by atoms with van der Waals surface area (Å²) < 4.78 is 41.1. The number of aromatic nitrogens is 1. The van der Waals surface area contributed by atoms with E-state index in [1.165, 1.54) is 29.1 Å². The standard InChI is InChI=1S/C12H8F3NO2/c13-12(14,15)18-10-5-3-4-9(8-10)11(17)16-6-1-2-7-16/h1-8H. The molecule has 0 spiro atoms. The molecule has 0 fully saturated rings. The summed E-state index contributed by atoms with van der Waals surface area (Å²) in [6, 6.07) is 8.24. The highest BCUT2D eigenvalue weighted by molar-refractivity contribution is 5.96. The van der Waals surface area contributed by atoms with Crippen molar-refractivity contribution >= 4 is 5.91 Å². The fourth-order valence-corrected chi connectivity index (χ4v) is 1.45. The van der Waals surface area contributed by atoms with E-state index < -0.39 is 18.0 Å². The second-order valence-electron chi connectivity index (χ2n) is 3.47. The number of ether oxygens (including phenoxy) is 1. The summed E-state index contributed by atoms with van der Waals surface area (Å²) in [5, 5.41) is 0. The zero-order valence-electron chi connectivity index (χ0n) is 9.02. The summed E-state index contributed by atoms with van der Waals surface area (Å²) in [6.07, 6.45) is -1.74. The Morgan fingerprint density at radius 1 is 1.11 bits per heavy atom. The smallest absolute Gasteiger partial charge is 0.406 e. The number of alkyl halides is 3. The van der Waals surface area contributed by atoms with Gasteiger partial charge in [-0.3, -0.25) is 9.36 Å². The van der Waals surface area contributed by atoms with Crippen molar-refractivity contribution < 1.29 is 22.7 Å². The molecule has 18 heavy (non-hydrogen) atoms. The lowest BCUT2D eigenvalue weighted by molar-refractivity contribution is -0.274. The topological polar surface area (TPSA) is 31.2 Å². The molecule has 0 atom stereocenters. The fourth-order valence-electron chi connectivity index (χ4n) is 1.45. The second kappa shape index (κ2) is 4.56. The molecule has 94 valence electrons. The van der Waals surface area contributed by atoms with E-state index in [2.05, 4.69) is 4.74 Å². The number of nitrogens with zero attached hydrogens (tertiary/aromatic N) is 1. The van der Waals surface area contributed by atoms with Crippen molar-refractivity contribution in [3.8, 4) is 5.75 Å². The average molecular weight is 255 g/mol. The lowest BCUT2D eigenvalue weighted by atomic mass is 10.2. The average Bonchev–Trinajstić information content (AvgIpc) is 2.79. The minimum absolute atomic E-state index is 0.118. The van der Waals surface area contributed by atoms with Gasteiger partial charge in [0, 0.05) is 18.0 Å². The van der Waals surface area contributed by atoms with Gasteiger partial charge in [0.15, 0.2) is 0 Å². The minimum Gasteiger partial charge on any atom is -0.406 e. The third-order valence-corrected chi connectivity index (χ3v) is 2.15. The summed E-state index contributed by atoms with van der Waals surface area (Å²) in [5.74, 6) is -0.840. The second-order valence-corrected chi connectivity index (χ2v) is 3.47. The van der Waals surface area contributed by atoms with Crippen LogP contribution >= 0.6 is 0 Å². The van der Waals surface area contributed by atoms with Gasteiger partial charge < -0.3 is 4.74 Å². The van der Waals surface area contributed by atoms with Crippen LogP contribution < -0.4 is 4.74 Å². The molecule has 0 aliphatic heterocycles. The van der Waals surface area contributed by atoms with Crippen molar-refractivity contribution in [1.82, 2.24) is 4.57 Å². The van der Waals surface area contributed by atoms with Crippen LogP contribution in [0.25, 0.3) is 0 Å². The monoisotopic (exact) mass is 255 g/mol. The van der Waals surface area contributed by atoms with Gasteiger partial charge in [0.25, 0.3) is 5.91 Å². The first-order chi connectivity index (χ1) is 8.46. The zero-order chi connectivity index (χ0) is 13.2. The Kier molecular flexibility index (Phi) is 3.10. The summed E-state index contributed by atoms with van der Waals surface area (Å²) >= 11 is 0. The highest BCUT2D eigenvalue weighted by Crippen LogP contribution is 2.23. The number of rotatable bonds is 2. The summed E-state index contributed by atoms with van der Waals surface area (Å²) in [4.78, 5) is 11.9. The molecule has 0 saturated heterocycles. The Balaban J connectivity index is 2.25. The van der Waals surface area contributed by atoms with Crippen LogP contribution in [0.3, 0.4) is 0 Å². The molecule has 2 aromatic rings. The van der Waals surface area contributed by atoms with Crippen LogP contribution in [-0.4, -0.2) is 16.8 Å². The normalized spacial score (nSPS) is 11.3. The minimum atomic E-state index is -4.77. The Morgan fingerprint density at radius 2 is 1.78 bits per heavy atom. The molecule has 1 aromatic heterocycles. The highest BCUT2D eigenvalue weighted by atomic mass is 19.4. The van der Waals surface area contributed by atoms with Crippen molar-refractivity contribution in [2.75, 3.05) is 0 Å². The van der Waals surface area contributed by atoms with Crippen molar-refractivity contribution in [2.45, 2.75) is 6.36 Å². The molecule has 0 N–H and O–H groups in total. The van der Waals surface area contributed by atoms with Gasteiger partial charge in [0.05, 0.1) is 0 Å². The van der Waals surface area contributed by atoms with Crippen LogP contribution in [0.5, 0.6) is 5.75 Å². The SMILES string of the molecule is O=C(c1cccc(OC(F)(F)F)c1)n1cccc1. The molecule has 1 heterocycles. The molecule has 0 radical (unpaired) electrons. The summed E-state index contributed by atoms with van der Waals surface area (Å²) in [5.41, 5.74) is 0.118. The molecule has 0 aliphatic rings. The zero-order valence-corrected chi connectivity index (χ0v) is 9.02. The van der Waals surface area contributed by atoms with Crippen LogP contribution in [0.4, 0.5) is 13.2 Å².